The van der Waals surface area contributed by atoms with Crippen molar-refractivity contribution in [2.45, 2.75) is 45.7 Å². The molecule has 1 heterocycles. The molecule has 1 unspecified atom stereocenters. The van der Waals surface area contributed by atoms with E-state index in [0.29, 0.717) is 6.04 Å². The minimum atomic E-state index is 0.438. The van der Waals surface area contributed by atoms with E-state index in [1.54, 1.807) is 0 Å². The molecule has 4 heteroatoms. The summed E-state index contributed by atoms with van der Waals surface area (Å²) in [6.07, 6.45) is 3.52. The predicted molar refractivity (Wildman–Crippen MR) is 91.1 cm³/mol. The number of nitrogens with one attached hydrogen (secondary N) is 2. The molecule has 2 N–H and O–H groups in total. The van der Waals surface area contributed by atoms with Crippen LogP contribution in [0.1, 0.15) is 37.8 Å². The highest BCUT2D eigenvalue weighted by Crippen LogP contribution is 2.26. The standard InChI is InChI=1S/C17H28N4/c1-5-13(2)20-17(18-3)19-12-14-8-9-16-15(11-14)7-6-10-21(16)4/h8-9,11,13H,5-7,10,12H2,1-4H3,(H2,18,19,20). The molecular formula is C17H28N4. The topological polar surface area (TPSA) is 39.7 Å². The lowest BCUT2D eigenvalue weighted by molar-refractivity contribution is 0.624. The quantitative estimate of drug-likeness (QED) is 0.660. The third kappa shape index (κ3) is 4.13. The van der Waals surface area contributed by atoms with E-state index in [9.17, 15) is 0 Å². The normalized spacial score (nSPS) is 16.4. The summed E-state index contributed by atoms with van der Waals surface area (Å²) in [5, 5.41) is 6.78. The first-order valence-corrected chi connectivity index (χ1v) is 7.94. The van der Waals surface area contributed by atoms with Gasteiger partial charge in [-0.15, -0.1) is 0 Å². The van der Waals surface area contributed by atoms with Crippen molar-refractivity contribution in [3.05, 3.63) is 29.3 Å². The molecule has 0 amide bonds. The minimum Gasteiger partial charge on any atom is -0.374 e. The van der Waals surface area contributed by atoms with Crippen molar-refractivity contribution in [2.75, 3.05) is 25.5 Å². The Hall–Kier alpha value is -1.71. The smallest absolute Gasteiger partial charge is 0.191 e. The number of benzene rings is 1. The molecule has 0 spiro atoms. The lowest BCUT2D eigenvalue weighted by Crippen LogP contribution is -2.41. The molecule has 1 aromatic rings. The molecule has 116 valence electrons. The van der Waals surface area contributed by atoms with Crippen LogP contribution in [-0.4, -0.2) is 32.6 Å². The third-order valence-electron chi connectivity index (χ3n) is 4.17. The number of aryl methyl sites for hydroxylation is 1. The van der Waals surface area contributed by atoms with Crippen LogP contribution in [0, 0.1) is 0 Å². The van der Waals surface area contributed by atoms with Crippen LogP contribution in [0.2, 0.25) is 0 Å². The van der Waals surface area contributed by atoms with Gasteiger partial charge >= 0.3 is 0 Å². The van der Waals surface area contributed by atoms with Crippen LogP contribution < -0.4 is 15.5 Å². The second-order valence-corrected chi connectivity index (χ2v) is 5.87. The molecule has 0 bridgehead atoms. The van der Waals surface area contributed by atoms with E-state index >= 15 is 0 Å². The maximum Gasteiger partial charge on any atom is 0.191 e. The van der Waals surface area contributed by atoms with Gasteiger partial charge in [0.15, 0.2) is 5.96 Å². The van der Waals surface area contributed by atoms with Gasteiger partial charge < -0.3 is 15.5 Å². The number of aliphatic imine (C=N–C) groups is 1. The van der Waals surface area contributed by atoms with E-state index in [1.165, 1.54) is 29.7 Å². The van der Waals surface area contributed by atoms with Gasteiger partial charge in [-0.3, -0.25) is 4.99 Å². The fourth-order valence-electron chi connectivity index (χ4n) is 2.66. The summed E-state index contributed by atoms with van der Waals surface area (Å²) >= 11 is 0. The highest BCUT2D eigenvalue weighted by molar-refractivity contribution is 5.79. The fraction of sp³-hybridized carbons (Fsp3) is 0.588. The van der Waals surface area contributed by atoms with Crippen LogP contribution in [-0.2, 0) is 13.0 Å². The Morgan fingerprint density at radius 1 is 1.43 bits per heavy atom. The van der Waals surface area contributed by atoms with Crippen LogP contribution in [0.5, 0.6) is 0 Å². The lowest BCUT2D eigenvalue weighted by Gasteiger charge is -2.28. The van der Waals surface area contributed by atoms with Gasteiger partial charge in [-0.05, 0) is 43.4 Å². The van der Waals surface area contributed by atoms with Crippen molar-refractivity contribution >= 4 is 11.6 Å². The number of hydrogen-bond donors (Lipinski definition) is 2. The van der Waals surface area contributed by atoms with Crippen molar-refractivity contribution in [2.24, 2.45) is 4.99 Å². The van der Waals surface area contributed by atoms with Crippen LogP contribution in [0.25, 0.3) is 0 Å². The highest BCUT2D eigenvalue weighted by Gasteiger charge is 2.13. The molecule has 0 radical (unpaired) electrons. The van der Waals surface area contributed by atoms with Gasteiger partial charge in [0, 0.05) is 38.9 Å². The first-order chi connectivity index (χ1) is 10.1. The van der Waals surface area contributed by atoms with Crippen molar-refractivity contribution in [3.8, 4) is 0 Å². The van der Waals surface area contributed by atoms with Gasteiger partial charge in [-0.25, -0.2) is 0 Å². The zero-order chi connectivity index (χ0) is 15.2. The minimum absolute atomic E-state index is 0.438. The van der Waals surface area contributed by atoms with Gasteiger partial charge in [0.25, 0.3) is 0 Å². The van der Waals surface area contributed by atoms with Gasteiger partial charge in [0.1, 0.15) is 0 Å². The van der Waals surface area contributed by atoms with E-state index in [0.717, 1.165) is 25.5 Å². The van der Waals surface area contributed by atoms with E-state index in [2.05, 4.69) is 59.6 Å². The molecule has 1 aliphatic heterocycles. The largest absolute Gasteiger partial charge is 0.374 e. The number of guanidine groups is 1. The molecule has 1 aromatic carbocycles. The number of nitrogens with zero attached hydrogens (tertiary/aromatic N) is 2. The van der Waals surface area contributed by atoms with Crippen LogP contribution in [0.15, 0.2) is 23.2 Å². The molecular weight excluding hydrogens is 260 g/mol. The Bertz CT molecular complexity index is 496. The molecule has 2 rings (SSSR count). The summed E-state index contributed by atoms with van der Waals surface area (Å²) in [6.45, 7) is 6.32. The average Bonchev–Trinajstić information content (AvgIpc) is 2.51. The number of anilines is 1. The molecule has 21 heavy (non-hydrogen) atoms. The van der Waals surface area contributed by atoms with Crippen molar-refractivity contribution < 1.29 is 0 Å². The second-order valence-electron chi connectivity index (χ2n) is 5.87. The Balaban J connectivity index is 1.97. The molecule has 0 aromatic heterocycles. The van der Waals surface area contributed by atoms with Gasteiger partial charge in [0.05, 0.1) is 0 Å². The summed E-state index contributed by atoms with van der Waals surface area (Å²) in [7, 11) is 3.99. The Morgan fingerprint density at radius 2 is 2.24 bits per heavy atom. The van der Waals surface area contributed by atoms with Crippen molar-refractivity contribution in [1.29, 1.82) is 0 Å². The van der Waals surface area contributed by atoms with Gasteiger partial charge in [-0.1, -0.05) is 19.1 Å². The highest BCUT2D eigenvalue weighted by atomic mass is 15.2. The summed E-state index contributed by atoms with van der Waals surface area (Å²) in [5.74, 6) is 0.874. The Labute approximate surface area is 128 Å². The summed E-state index contributed by atoms with van der Waals surface area (Å²) in [4.78, 5) is 6.62. The second kappa shape index (κ2) is 7.34. The first-order valence-electron chi connectivity index (χ1n) is 7.94. The number of hydrogen-bond acceptors (Lipinski definition) is 2. The molecule has 1 atom stereocenters. The molecule has 4 nitrogen and oxygen atoms in total. The summed E-state index contributed by atoms with van der Waals surface area (Å²) in [6, 6.07) is 7.23. The molecule has 0 saturated carbocycles. The van der Waals surface area contributed by atoms with Crippen LogP contribution in [0.3, 0.4) is 0 Å². The molecule has 0 aliphatic carbocycles. The van der Waals surface area contributed by atoms with E-state index in [-0.39, 0.29) is 0 Å². The van der Waals surface area contributed by atoms with Gasteiger partial charge in [0.2, 0.25) is 0 Å². The zero-order valence-corrected chi connectivity index (χ0v) is 13.7. The maximum atomic E-state index is 4.28. The average molecular weight is 288 g/mol. The van der Waals surface area contributed by atoms with Crippen LogP contribution >= 0.6 is 0 Å². The third-order valence-corrected chi connectivity index (χ3v) is 4.17. The zero-order valence-electron chi connectivity index (χ0n) is 13.7. The fourth-order valence-corrected chi connectivity index (χ4v) is 2.66. The SMILES string of the molecule is CCC(C)NC(=NC)NCc1ccc2c(c1)CCCN2C. The molecule has 0 fully saturated rings. The number of fused-ring (bicyclic) bond motifs is 1. The molecule has 1 aliphatic rings. The number of rotatable bonds is 4. The van der Waals surface area contributed by atoms with Crippen molar-refractivity contribution in [1.82, 2.24) is 10.6 Å². The lowest BCUT2D eigenvalue weighted by atomic mass is 9.99. The van der Waals surface area contributed by atoms with E-state index in [4.69, 9.17) is 0 Å². The molecule has 0 saturated heterocycles. The Kier molecular flexibility index (Phi) is 5.48. The van der Waals surface area contributed by atoms with Crippen molar-refractivity contribution in [3.63, 3.8) is 0 Å². The van der Waals surface area contributed by atoms with Gasteiger partial charge in [-0.2, -0.15) is 0 Å². The van der Waals surface area contributed by atoms with E-state index < -0.39 is 0 Å². The maximum absolute atomic E-state index is 4.28. The Morgan fingerprint density at radius 3 is 2.95 bits per heavy atom. The van der Waals surface area contributed by atoms with Crippen LogP contribution in [0.4, 0.5) is 5.69 Å². The predicted octanol–water partition coefficient (Wildman–Crippen LogP) is 2.53. The monoisotopic (exact) mass is 288 g/mol. The first kappa shape index (κ1) is 15.7. The van der Waals surface area contributed by atoms with E-state index in [1.807, 2.05) is 7.05 Å². The summed E-state index contributed by atoms with van der Waals surface area (Å²) in [5.41, 5.74) is 4.16. The summed E-state index contributed by atoms with van der Waals surface area (Å²) < 4.78 is 0.